The van der Waals surface area contributed by atoms with Gasteiger partial charge in [-0.3, -0.25) is 4.98 Å². The van der Waals surface area contributed by atoms with Crippen molar-refractivity contribution < 1.29 is 4.74 Å². The minimum Gasteiger partial charge on any atom is -0.489 e. The van der Waals surface area contributed by atoms with Crippen LogP contribution in [-0.4, -0.2) is 18.1 Å². The Hall–Kier alpha value is -1.09. The van der Waals surface area contributed by atoms with Gasteiger partial charge in [-0.2, -0.15) is 0 Å². The predicted molar refractivity (Wildman–Crippen MR) is 75.9 cm³/mol. The van der Waals surface area contributed by atoms with E-state index in [1.165, 1.54) is 12.0 Å². The average molecular weight is 250 g/mol. The largest absolute Gasteiger partial charge is 0.489 e. The van der Waals surface area contributed by atoms with Crippen molar-refractivity contribution in [2.24, 2.45) is 5.92 Å². The molecule has 3 nitrogen and oxygen atoms in total. The van der Waals surface area contributed by atoms with Crippen molar-refractivity contribution in [2.45, 2.75) is 52.7 Å². The van der Waals surface area contributed by atoms with Crippen LogP contribution in [0.4, 0.5) is 0 Å². The van der Waals surface area contributed by atoms with E-state index in [4.69, 9.17) is 4.74 Å². The lowest BCUT2D eigenvalue weighted by molar-refractivity contribution is 0.241. The molecule has 1 N–H and O–H groups in total. The zero-order valence-corrected chi connectivity index (χ0v) is 12.2. The summed E-state index contributed by atoms with van der Waals surface area (Å²) in [6.07, 6.45) is 6.22. The monoisotopic (exact) mass is 250 g/mol. The highest BCUT2D eigenvalue weighted by Crippen LogP contribution is 2.23. The highest BCUT2D eigenvalue weighted by Gasteiger charge is 2.11. The standard InChI is InChI=1S/C15H26N2O/c1-11(2)6-7-15(16-5)13-8-14(10-17-9-13)18-12(3)4/h8-12,15-16H,6-7H2,1-5H3. The van der Waals surface area contributed by atoms with E-state index in [0.29, 0.717) is 6.04 Å². The quantitative estimate of drug-likeness (QED) is 0.803. The molecule has 0 amide bonds. The van der Waals surface area contributed by atoms with Gasteiger partial charge in [-0.05, 0) is 51.3 Å². The van der Waals surface area contributed by atoms with Crippen LogP contribution in [0.5, 0.6) is 5.75 Å². The Balaban J connectivity index is 2.72. The third-order valence-corrected chi connectivity index (χ3v) is 2.89. The third-order valence-electron chi connectivity index (χ3n) is 2.89. The molecule has 1 atom stereocenters. The zero-order chi connectivity index (χ0) is 13.5. The molecule has 0 fully saturated rings. The predicted octanol–water partition coefficient (Wildman–Crippen LogP) is 3.57. The van der Waals surface area contributed by atoms with Crippen molar-refractivity contribution in [2.75, 3.05) is 7.05 Å². The first-order chi connectivity index (χ1) is 8.52. The summed E-state index contributed by atoms with van der Waals surface area (Å²) in [5, 5.41) is 3.36. The van der Waals surface area contributed by atoms with Crippen LogP contribution < -0.4 is 10.1 Å². The fourth-order valence-corrected chi connectivity index (χ4v) is 1.94. The Kier molecular flexibility index (Phi) is 6.13. The van der Waals surface area contributed by atoms with Crippen molar-refractivity contribution in [1.29, 1.82) is 0 Å². The van der Waals surface area contributed by atoms with Crippen LogP contribution in [-0.2, 0) is 0 Å². The lowest BCUT2D eigenvalue weighted by atomic mass is 9.99. The summed E-state index contributed by atoms with van der Waals surface area (Å²) < 4.78 is 5.68. The number of aromatic nitrogens is 1. The van der Waals surface area contributed by atoms with Gasteiger partial charge in [0.05, 0.1) is 12.3 Å². The summed E-state index contributed by atoms with van der Waals surface area (Å²) in [5.41, 5.74) is 1.20. The van der Waals surface area contributed by atoms with E-state index in [0.717, 1.165) is 18.1 Å². The lowest BCUT2D eigenvalue weighted by Crippen LogP contribution is -2.17. The maximum Gasteiger partial charge on any atom is 0.138 e. The molecule has 0 aliphatic carbocycles. The highest BCUT2D eigenvalue weighted by atomic mass is 16.5. The van der Waals surface area contributed by atoms with E-state index in [1.807, 2.05) is 27.1 Å². The summed E-state index contributed by atoms with van der Waals surface area (Å²) in [5.74, 6) is 1.58. The van der Waals surface area contributed by atoms with Crippen LogP contribution in [0.3, 0.4) is 0 Å². The molecule has 1 aromatic heterocycles. The van der Waals surface area contributed by atoms with Gasteiger partial charge in [-0.15, -0.1) is 0 Å². The Morgan fingerprint density at radius 1 is 1.17 bits per heavy atom. The number of hydrogen-bond acceptors (Lipinski definition) is 3. The summed E-state index contributed by atoms with van der Waals surface area (Å²) in [6, 6.07) is 2.45. The van der Waals surface area contributed by atoms with E-state index < -0.39 is 0 Å². The van der Waals surface area contributed by atoms with Crippen molar-refractivity contribution in [3.63, 3.8) is 0 Å². The smallest absolute Gasteiger partial charge is 0.138 e. The first-order valence-electron chi connectivity index (χ1n) is 6.81. The molecule has 0 aromatic carbocycles. The van der Waals surface area contributed by atoms with Gasteiger partial charge in [0.25, 0.3) is 0 Å². The van der Waals surface area contributed by atoms with E-state index in [2.05, 4.69) is 30.2 Å². The van der Waals surface area contributed by atoms with Crippen LogP contribution in [0.2, 0.25) is 0 Å². The van der Waals surface area contributed by atoms with Crippen LogP contribution >= 0.6 is 0 Å². The lowest BCUT2D eigenvalue weighted by Gasteiger charge is -2.18. The van der Waals surface area contributed by atoms with E-state index in [9.17, 15) is 0 Å². The maximum atomic E-state index is 5.68. The van der Waals surface area contributed by atoms with Gasteiger partial charge in [-0.25, -0.2) is 0 Å². The second-order valence-corrected chi connectivity index (χ2v) is 5.43. The molecule has 1 unspecified atom stereocenters. The Morgan fingerprint density at radius 3 is 2.44 bits per heavy atom. The van der Waals surface area contributed by atoms with Crippen LogP contribution in [0, 0.1) is 5.92 Å². The van der Waals surface area contributed by atoms with Crippen molar-refractivity contribution in [3.05, 3.63) is 24.0 Å². The summed E-state index contributed by atoms with van der Waals surface area (Å²) in [4.78, 5) is 4.27. The van der Waals surface area contributed by atoms with Crippen molar-refractivity contribution >= 4 is 0 Å². The molecule has 102 valence electrons. The van der Waals surface area contributed by atoms with Gasteiger partial charge >= 0.3 is 0 Å². The SMILES string of the molecule is CNC(CCC(C)C)c1cncc(OC(C)C)c1. The van der Waals surface area contributed by atoms with E-state index >= 15 is 0 Å². The minimum atomic E-state index is 0.186. The number of nitrogens with zero attached hydrogens (tertiary/aromatic N) is 1. The van der Waals surface area contributed by atoms with Gasteiger partial charge in [0.15, 0.2) is 0 Å². The topological polar surface area (TPSA) is 34.2 Å². The summed E-state index contributed by atoms with van der Waals surface area (Å²) >= 11 is 0. The Bertz CT molecular complexity index is 350. The maximum absolute atomic E-state index is 5.68. The molecule has 0 aliphatic rings. The fraction of sp³-hybridized carbons (Fsp3) is 0.667. The molecule has 0 bridgehead atoms. The number of rotatable bonds is 7. The number of hydrogen-bond donors (Lipinski definition) is 1. The highest BCUT2D eigenvalue weighted by molar-refractivity contribution is 5.26. The second-order valence-electron chi connectivity index (χ2n) is 5.43. The molecule has 1 rings (SSSR count). The van der Waals surface area contributed by atoms with Gasteiger partial charge < -0.3 is 10.1 Å². The summed E-state index contributed by atoms with van der Waals surface area (Å²) in [6.45, 7) is 8.56. The molecule has 0 aliphatic heterocycles. The summed E-state index contributed by atoms with van der Waals surface area (Å²) in [7, 11) is 2.00. The Morgan fingerprint density at radius 2 is 1.89 bits per heavy atom. The second kappa shape index (κ2) is 7.37. The fourth-order valence-electron chi connectivity index (χ4n) is 1.94. The molecule has 0 spiro atoms. The van der Waals surface area contributed by atoms with Crippen molar-refractivity contribution in [3.8, 4) is 5.75 Å². The molecule has 18 heavy (non-hydrogen) atoms. The van der Waals surface area contributed by atoms with Gasteiger partial charge in [0, 0.05) is 12.2 Å². The van der Waals surface area contributed by atoms with Gasteiger partial charge in [-0.1, -0.05) is 13.8 Å². The molecule has 1 heterocycles. The number of pyridine rings is 1. The molecule has 1 aromatic rings. The normalized spacial score (nSPS) is 13.1. The number of nitrogens with one attached hydrogen (secondary N) is 1. The minimum absolute atomic E-state index is 0.186. The van der Waals surface area contributed by atoms with Crippen LogP contribution in [0.25, 0.3) is 0 Å². The van der Waals surface area contributed by atoms with Gasteiger partial charge in [0.2, 0.25) is 0 Å². The third kappa shape index (κ3) is 5.05. The van der Waals surface area contributed by atoms with Crippen molar-refractivity contribution in [1.82, 2.24) is 10.3 Å². The van der Waals surface area contributed by atoms with Crippen LogP contribution in [0.15, 0.2) is 18.5 Å². The molecule has 0 radical (unpaired) electrons. The molecular weight excluding hydrogens is 224 g/mol. The zero-order valence-electron chi connectivity index (χ0n) is 12.2. The molecular formula is C15H26N2O. The molecule has 0 saturated heterocycles. The number of ether oxygens (including phenoxy) is 1. The first kappa shape index (κ1) is 15.0. The first-order valence-corrected chi connectivity index (χ1v) is 6.81. The average Bonchev–Trinajstić information content (AvgIpc) is 2.29. The molecule has 0 saturated carbocycles. The van der Waals surface area contributed by atoms with Crippen LogP contribution in [0.1, 0.15) is 52.1 Å². The molecule has 3 heteroatoms. The van der Waals surface area contributed by atoms with Gasteiger partial charge in [0.1, 0.15) is 5.75 Å². The van der Waals surface area contributed by atoms with E-state index in [1.54, 1.807) is 6.20 Å². The Labute approximate surface area is 111 Å². The van der Waals surface area contributed by atoms with E-state index in [-0.39, 0.29) is 6.10 Å².